The third kappa shape index (κ3) is 3.58. The Morgan fingerprint density at radius 2 is 2.24 bits per heavy atom. The van der Waals surface area contributed by atoms with E-state index in [9.17, 15) is 9.59 Å². The number of aromatic amines is 1. The molecule has 0 aromatic carbocycles. The van der Waals surface area contributed by atoms with Crippen LogP contribution in [-0.4, -0.2) is 40.1 Å². The van der Waals surface area contributed by atoms with Crippen molar-refractivity contribution >= 4 is 12.4 Å². The number of likely N-dealkylation sites (N-methyl/N-ethyl adjacent to an activating group) is 1. The van der Waals surface area contributed by atoms with Crippen LogP contribution in [0.2, 0.25) is 0 Å². The van der Waals surface area contributed by atoms with Crippen molar-refractivity contribution in [3.05, 3.63) is 18.0 Å². The number of H-pyrrole nitrogens is 1. The number of rotatable bonds is 3. The van der Waals surface area contributed by atoms with Gasteiger partial charge in [-0.05, 0) is 26.8 Å². The number of aldehydes is 1. The zero-order chi connectivity index (χ0) is 13.1. The van der Waals surface area contributed by atoms with Gasteiger partial charge in [0.15, 0.2) is 0 Å². The largest absolute Gasteiger partial charge is 0.444 e. The molecule has 1 N–H and O–H groups in total. The van der Waals surface area contributed by atoms with Crippen LogP contribution in [0.5, 0.6) is 0 Å². The lowest BCUT2D eigenvalue weighted by molar-refractivity contribution is -0.112. The molecule has 1 atom stereocenters. The monoisotopic (exact) mass is 239 g/mol. The SMILES string of the molecule is CN(C(=O)OC(C)(C)C)C(C=O)c1ccn[nH]1. The van der Waals surface area contributed by atoms with Crippen LogP contribution in [-0.2, 0) is 9.53 Å². The molecule has 17 heavy (non-hydrogen) atoms. The molecule has 1 unspecified atom stereocenters. The van der Waals surface area contributed by atoms with E-state index in [4.69, 9.17) is 4.74 Å². The molecule has 1 rings (SSSR count). The minimum atomic E-state index is -0.715. The van der Waals surface area contributed by atoms with Gasteiger partial charge in [0.25, 0.3) is 0 Å². The van der Waals surface area contributed by atoms with Gasteiger partial charge in [-0.1, -0.05) is 0 Å². The second kappa shape index (κ2) is 4.99. The van der Waals surface area contributed by atoms with Crippen LogP contribution in [0.25, 0.3) is 0 Å². The first-order chi connectivity index (χ1) is 7.85. The topological polar surface area (TPSA) is 75.3 Å². The Morgan fingerprint density at radius 1 is 1.59 bits per heavy atom. The number of ether oxygens (including phenoxy) is 1. The Bertz CT molecular complexity index is 381. The van der Waals surface area contributed by atoms with Gasteiger partial charge in [-0.2, -0.15) is 5.10 Å². The van der Waals surface area contributed by atoms with Gasteiger partial charge in [0.1, 0.15) is 17.9 Å². The van der Waals surface area contributed by atoms with Crippen LogP contribution in [0.4, 0.5) is 4.79 Å². The van der Waals surface area contributed by atoms with Crippen LogP contribution in [0.1, 0.15) is 32.5 Å². The molecule has 1 heterocycles. The Kier molecular flexibility index (Phi) is 3.88. The van der Waals surface area contributed by atoms with E-state index < -0.39 is 17.7 Å². The highest BCUT2D eigenvalue weighted by molar-refractivity contribution is 5.74. The van der Waals surface area contributed by atoms with Crippen molar-refractivity contribution < 1.29 is 14.3 Å². The number of nitrogens with one attached hydrogen (secondary N) is 1. The molecule has 0 fully saturated rings. The zero-order valence-electron chi connectivity index (χ0n) is 10.4. The Labute approximate surface area is 99.9 Å². The summed E-state index contributed by atoms with van der Waals surface area (Å²) in [7, 11) is 1.51. The molecule has 0 radical (unpaired) electrons. The fraction of sp³-hybridized carbons (Fsp3) is 0.545. The lowest BCUT2D eigenvalue weighted by atomic mass is 10.2. The standard InChI is InChI=1S/C11H17N3O3/c1-11(2,3)17-10(16)14(4)9(7-15)8-5-6-12-13-8/h5-7,9H,1-4H3,(H,12,13). The maximum Gasteiger partial charge on any atom is 0.410 e. The first-order valence-corrected chi connectivity index (χ1v) is 5.25. The summed E-state index contributed by atoms with van der Waals surface area (Å²) in [5.74, 6) is 0. The van der Waals surface area contributed by atoms with Crippen LogP contribution in [0, 0.1) is 0 Å². The summed E-state index contributed by atoms with van der Waals surface area (Å²) in [6.07, 6.45) is 1.64. The van der Waals surface area contributed by atoms with E-state index in [0.29, 0.717) is 12.0 Å². The zero-order valence-corrected chi connectivity index (χ0v) is 10.4. The fourth-order valence-electron chi connectivity index (χ4n) is 1.25. The number of carbonyl (C=O) groups is 2. The maximum absolute atomic E-state index is 11.8. The first-order valence-electron chi connectivity index (χ1n) is 5.25. The number of hydrogen-bond donors (Lipinski definition) is 1. The van der Waals surface area contributed by atoms with Crippen molar-refractivity contribution in [1.82, 2.24) is 15.1 Å². The highest BCUT2D eigenvalue weighted by Crippen LogP contribution is 2.17. The summed E-state index contributed by atoms with van der Waals surface area (Å²) in [6.45, 7) is 5.31. The number of carbonyl (C=O) groups excluding carboxylic acids is 2. The molecule has 6 heteroatoms. The average Bonchev–Trinajstić information content (AvgIpc) is 2.69. The molecule has 0 bridgehead atoms. The van der Waals surface area contributed by atoms with Gasteiger partial charge < -0.3 is 9.53 Å². The lowest BCUT2D eigenvalue weighted by Gasteiger charge is -2.27. The molecule has 1 aromatic rings. The normalized spacial score (nSPS) is 12.9. The van der Waals surface area contributed by atoms with Gasteiger partial charge in [0.2, 0.25) is 0 Å². The van der Waals surface area contributed by atoms with Crippen molar-refractivity contribution in [2.24, 2.45) is 0 Å². The smallest absolute Gasteiger partial charge is 0.410 e. The van der Waals surface area contributed by atoms with Crippen LogP contribution >= 0.6 is 0 Å². The molecule has 1 amide bonds. The number of hydrogen-bond acceptors (Lipinski definition) is 4. The van der Waals surface area contributed by atoms with E-state index in [1.807, 2.05) is 0 Å². The predicted molar refractivity (Wildman–Crippen MR) is 61.4 cm³/mol. The summed E-state index contributed by atoms with van der Waals surface area (Å²) in [6, 6.07) is 0.923. The third-order valence-electron chi connectivity index (χ3n) is 2.07. The fourth-order valence-corrected chi connectivity index (χ4v) is 1.25. The first kappa shape index (κ1) is 13.2. The summed E-state index contributed by atoms with van der Waals surface area (Å²) in [5, 5.41) is 6.40. The van der Waals surface area contributed by atoms with Crippen LogP contribution in [0.15, 0.2) is 12.3 Å². The molecule has 0 aliphatic carbocycles. The molecule has 0 aliphatic heterocycles. The van der Waals surface area contributed by atoms with E-state index >= 15 is 0 Å². The van der Waals surface area contributed by atoms with Crippen LogP contribution < -0.4 is 0 Å². The number of nitrogens with zero attached hydrogens (tertiary/aromatic N) is 2. The molecule has 0 aliphatic rings. The third-order valence-corrected chi connectivity index (χ3v) is 2.07. The molecule has 0 spiro atoms. The molecule has 94 valence electrons. The van der Waals surface area contributed by atoms with Gasteiger partial charge in [-0.3, -0.25) is 10.00 Å². The molecule has 0 saturated carbocycles. The molecule has 0 saturated heterocycles. The number of aromatic nitrogens is 2. The van der Waals surface area contributed by atoms with Crippen molar-refractivity contribution in [3.8, 4) is 0 Å². The Hall–Kier alpha value is -1.85. The van der Waals surface area contributed by atoms with E-state index in [2.05, 4.69) is 10.2 Å². The molecule has 1 aromatic heterocycles. The molecular formula is C11H17N3O3. The van der Waals surface area contributed by atoms with Gasteiger partial charge in [0, 0.05) is 13.2 Å². The van der Waals surface area contributed by atoms with E-state index in [0.717, 1.165) is 0 Å². The highest BCUT2D eigenvalue weighted by atomic mass is 16.6. The van der Waals surface area contributed by atoms with Crippen molar-refractivity contribution in [2.45, 2.75) is 32.4 Å². The summed E-state index contributed by atoms with van der Waals surface area (Å²) in [5.41, 5.74) is -0.0411. The lowest BCUT2D eigenvalue weighted by Crippen LogP contribution is -2.37. The van der Waals surface area contributed by atoms with Gasteiger partial charge in [-0.25, -0.2) is 4.79 Å². The Morgan fingerprint density at radius 3 is 2.65 bits per heavy atom. The molecular weight excluding hydrogens is 222 g/mol. The van der Waals surface area contributed by atoms with Gasteiger partial charge >= 0.3 is 6.09 Å². The van der Waals surface area contributed by atoms with E-state index in [1.165, 1.54) is 18.1 Å². The minimum absolute atomic E-state index is 0.549. The van der Waals surface area contributed by atoms with Crippen molar-refractivity contribution in [1.29, 1.82) is 0 Å². The quantitative estimate of drug-likeness (QED) is 0.811. The average molecular weight is 239 g/mol. The summed E-state index contributed by atoms with van der Waals surface area (Å²) in [4.78, 5) is 24.0. The number of amides is 1. The second-order valence-electron chi connectivity index (χ2n) is 4.68. The van der Waals surface area contributed by atoms with Crippen molar-refractivity contribution in [3.63, 3.8) is 0 Å². The second-order valence-corrected chi connectivity index (χ2v) is 4.68. The van der Waals surface area contributed by atoms with Crippen molar-refractivity contribution in [2.75, 3.05) is 7.05 Å². The van der Waals surface area contributed by atoms with E-state index in [-0.39, 0.29) is 0 Å². The van der Waals surface area contributed by atoms with E-state index in [1.54, 1.807) is 26.8 Å². The van der Waals surface area contributed by atoms with Gasteiger partial charge in [0.05, 0.1) is 5.69 Å². The maximum atomic E-state index is 11.8. The molecule has 6 nitrogen and oxygen atoms in total. The minimum Gasteiger partial charge on any atom is -0.444 e. The highest BCUT2D eigenvalue weighted by Gasteiger charge is 2.26. The predicted octanol–water partition coefficient (Wildman–Crippen LogP) is 1.52. The van der Waals surface area contributed by atoms with Gasteiger partial charge in [-0.15, -0.1) is 0 Å². The van der Waals surface area contributed by atoms with Crippen LogP contribution in [0.3, 0.4) is 0 Å². The summed E-state index contributed by atoms with van der Waals surface area (Å²) < 4.78 is 5.17. The Balaban J connectivity index is 2.77. The summed E-state index contributed by atoms with van der Waals surface area (Å²) >= 11 is 0.